The van der Waals surface area contributed by atoms with Crippen LogP contribution >= 0.6 is 0 Å². The zero-order valence-corrected chi connectivity index (χ0v) is 14.8. The Labute approximate surface area is 147 Å². The van der Waals surface area contributed by atoms with Gasteiger partial charge in [-0.3, -0.25) is 0 Å². The van der Waals surface area contributed by atoms with Crippen molar-refractivity contribution in [3.8, 4) is 11.5 Å². The number of hydrogen-bond acceptors (Lipinski definition) is 5. The summed E-state index contributed by atoms with van der Waals surface area (Å²) < 4.78 is 15.1. The third-order valence-corrected chi connectivity index (χ3v) is 4.24. The van der Waals surface area contributed by atoms with Crippen molar-refractivity contribution in [2.45, 2.75) is 12.8 Å². The highest BCUT2D eigenvalue weighted by atomic mass is 16.5. The molecule has 1 aromatic rings. The number of rotatable bonds is 5. The van der Waals surface area contributed by atoms with E-state index in [0.717, 1.165) is 12.8 Å². The van der Waals surface area contributed by atoms with Gasteiger partial charge in [0.15, 0.2) is 11.5 Å². The van der Waals surface area contributed by atoms with Gasteiger partial charge in [0.2, 0.25) is 0 Å². The van der Waals surface area contributed by atoms with Crippen LogP contribution in [0, 0.1) is 5.92 Å². The first-order chi connectivity index (χ1) is 12.1. The summed E-state index contributed by atoms with van der Waals surface area (Å²) in [5.41, 5.74) is 0.621. The fourth-order valence-electron chi connectivity index (χ4n) is 2.78. The summed E-state index contributed by atoms with van der Waals surface area (Å²) in [4.78, 5) is 25.2. The molecule has 8 nitrogen and oxygen atoms in total. The Morgan fingerprint density at radius 3 is 2.40 bits per heavy atom. The van der Waals surface area contributed by atoms with Crippen LogP contribution < -0.4 is 20.1 Å². The second-order valence-electron chi connectivity index (χ2n) is 5.81. The molecule has 0 spiro atoms. The predicted octanol–water partition coefficient (Wildman–Crippen LogP) is 2.30. The first-order valence-electron chi connectivity index (χ1n) is 8.17. The zero-order chi connectivity index (χ0) is 18.2. The van der Waals surface area contributed by atoms with Crippen molar-refractivity contribution in [1.29, 1.82) is 0 Å². The molecule has 1 aliphatic heterocycles. The number of methoxy groups -OCH3 is 3. The zero-order valence-electron chi connectivity index (χ0n) is 14.8. The van der Waals surface area contributed by atoms with Crippen molar-refractivity contribution in [3.05, 3.63) is 18.2 Å². The Bertz CT molecular complexity index is 600. The summed E-state index contributed by atoms with van der Waals surface area (Å²) in [6.45, 7) is 1.86. The standard InChI is InChI=1S/C17H25N3O5/c1-23-14-5-4-13(10-15(14)24-2)19-16(21)18-11-12-6-8-20(9-7-12)17(22)25-3/h4-5,10,12H,6-9,11H2,1-3H3,(H2,18,19,21). The van der Waals surface area contributed by atoms with Crippen molar-refractivity contribution >= 4 is 17.8 Å². The largest absolute Gasteiger partial charge is 0.493 e. The van der Waals surface area contributed by atoms with Gasteiger partial charge in [0.05, 0.1) is 21.3 Å². The van der Waals surface area contributed by atoms with Crippen LogP contribution in [0.25, 0.3) is 0 Å². The molecule has 0 radical (unpaired) electrons. The van der Waals surface area contributed by atoms with Crippen molar-refractivity contribution in [3.63, 3.8) is 0 Å². The Kier molecular flexibility index (Phi) is 6.73. The molecule has 0 saturated carbocycles. The number of likely N-dealkylation sites (tertiary alicyclic amines) is 1. The molecule has 2 N–H and O–H groups in total. The molecule has 1 aromatic carbocycles. The van der Waals surface area contributed by atoms with E-state index < -0.39 is 0 Å². The summed E-state index contributed by atoms with van der Waals surface area (Å²) in [6, 6.07) is 4.91. The number of ether oxygens (including phenoxy) is 3. The molecule has 0 aliphatic carbocycles. The summed E-state index contributed by atoms with van der Waals surface area (Å²) >= 11 is 0. The minimum absolute atomic E-state index is 0.275. The van der Waals surface area contributed by atoms with E-state index in [1.54, 1.807) is 37.3 Å². The fourth-order valence-corrected chi connectivity index (χ4v) is 2.78. The van der Waals surface area contributed by atoms with Crippen LogP contribution in [0.1, 0.15) is 12.8 Å². The van der Waals surface area contributed by atoms with Crippen LogP contribution in [0.5, 0.6) is 11.5 Å². The van der Waals surface area contributed by atoms with Gasteiger partial charge in [-0.15, -0.1) is 0 Å². The highest BCUT2D eigenvalue weighted by molar-refractivity contribution is 5.89. The number of anilines is 1. The van der Waals surface area contributed by atoms with E-state index in [9.17, 15) is 9.59 Å². The van der Waals surface area contributed by atoms with Crippen LogP contribution in [0.4, 0.5) is 15.3 Å². The van der Waals surface area contributed by atoms with Gasteiger partial charge in [0.1, 0.15) is 0 Å². The smallest absolute Gasteiger partial charge is 0.409 e. The fraction of sp³-hybridized carbons (Fsp3) is 0.529. The van der Waals surface area contributed by atoms with E-state index in [1.807, 2.05) is 0 Å². The molecular weight excluding hydrogens is 326 g/mol. The molecule has 25 heavy (non-hydrogen) atoms. The number of amides is 3. The van der Waals surface area contributed by atoms with E-state index in [0.29, 0.717) is 42.7 Å². The Morgan fingerprint density at radius 2 is 1.80 bits per heavy atom. The molecule has 1 fully saturated rings. The molecule has 1 aliphatic rings. The minimum Gasteiger partial charge on any atom is -0.493 e. The molecular formula is C17H25N3O5. The van der Waals surface area contributed by atoms with Gasteiger partial charge < -0.3 is 29.7 Å². The van der Waals surface area contributed by atoms with Crippen molar-refractivity contribution in [2.75, 3.05) is 46.3 Å². The lowest BCUT2D eigenvalue weighted by molar-refractivity contribution is 0.106. The van der Waals surface area contributed by atoms with E-state index in [4.69, 9.17) is 14.2 Å². The molecule has 0 bridgehead atoms. The third kappa shape index (κ3) is 5.17. The van der Waals surface area contributed by atoms with Gasteiger partial charge >= 0.3 is 12.1 Å². The van der Waals surface area contributed by atoms with Gasteiger partial charge in [0, 0.05) is 31.4 Å². The van der Waals surface area contributed by atoms with Gasteiger partial charge in [-0.1, -0.05) is 0 Å². The second-order valence-corrected chi connectivity index (χ2v) is 5.81. The van der Waals surface area contributed by atoms with Crippen LogP contribution in [0.3, 0.4) is 0 Å². The van der Waals surface area contributed by atoms with Crippen LogP contribution in [-0.4, -0.2) is 58.0 Å². The predicted molar refractivity (Wildman–Crippen MR) is 93.3 cm³/mol. The Morgan fingerprint density at radius 1 is 1.12 bits per heavy atom. The molecule has 0 aromatic heterocycles. The lowest BCUT2D eigenvalue weighted by Crippen LogP contribution is -2.42. The van der Waals surface area contributed by atoms with Crippen LogP contribution in [-0.2, 0) is 4.74 Å². The maximum Gasteiger partial charge on any atom is 0.409 e. The molecule has 0 unspecified atom stereocenters. The van der Waals surface area contributed by atoms with E-state index in [-0.39, 0.29) is 12.1 Å². The first kappa shape index (κ1) is 18.7. The lowest BCUT2D eigenvalue weighted by Gasteiger charge is -2.30. The molecule has 1 heterocycles. The number of carbonyl (C=O) groups is 2. The molecule has 2 rings (SSSR count). The Balaban J connectivity index is 1.77. The summed E-state index contributed by atoms with van der Waals surface area (Å²) in [7, 11) is 4.49. The highest BCUT2D eigenvalue weighted by Crippen LogP contribution is 2.29. The number of urea groups is 1. The monoisotopic (exact) mass is 351 g/mol. The summed E-state index contributed by atoms with van der Waals surface area (Å²) in [6.07, 6.45) is 1.38. The maximum atomic E-state index is 12.0. The average Bonchev–Trinajstić information content (AvgIpc) is 2.66. The summed E-state index contributed by atoms with van der Waals surface area (Å²) in [5, 5.41) is 5.64. The molecule has 138 valence electrons. The average molecular weight is 351 g/mol. The normalized spacial score (nSPS) is 14.6. The SMILES string of the molecule is COC(=O)N1CCC(CNC(=O)Nc2ccc(OC)c(OC)c2)CC1. The number of carbonyl (C=O) groups excluding carboxylic acids is 2. The van der Waals surface area contributed by atoms with Crippen molar-refractivity contribution in [2.24, 2.45) is 5.92 Å². The minimum atomic E-state index is -0.294. The van der Waals surface area contributed by atoms with Gasteiger partial charge in [-0.05, 0) is 30.9 Å². The van der Waals surface area contributed by atoms with Crippen LogP contribution in [0.15, 0.2) is 18.2 Å². The summed E-state index contributed by atoms with van der Waals surface area (Å²) in [5.74, 6) is 1.50. The third-order valence-electron chi connectivity index (χ3n) is 4.24. The van der Waals surface area contributed by atoms with E-state index >= 15 is 0 Å². The highest BCUT2D eigenvalue weighted by Gasteiger charge is 2.23. The number of benzene rings is 1. The number of nitrogens with zero attached hydrogens (tertiary/aromatic N) is 1. The molecule has 8 heteroatoms. The van der Waals surface area contributed by atoms with Crippen molar-refractivity contribution < 1.29 is 23.8 Å². The molecule has 3 amide bonds. The maximum absolute atomic E-state index is 12.0. The van der Waals surface area contributed by atoms with Gasteiger partial charge in [0.25, 0.3) is 0 Å². The lowest BCUT2D eigenvalue weighted by atomic mass is 9.97. The van der Waals surface area contributed by atoms with Crippen LogP contribution in [0.2, 0.25) is 0 Å². The first-order valence-corrected chi connectivity index (χ1v) is 8.17. The van der Waals surface area contributed by atoms with E-state index in [2.05, 4.69) is 10.6 Å². The van der Waals surface area contributed by atoms with Gasteiger partial charge in [-0.2, -0.15) is 0 Å². The molecule has 1 saturated heterocycles. The quantitative estimate of drug-likeness (QED) is 0.850. The number of hydrogen-bond donors (Lipinski definition) is 2. The van der Waals surface area contributed by atoms with Gasteiger partial charge in [-0.25, -0.2) is 9.59 Å². The second kappa shape index (κ2) is 9.00. The van der Waals surface area contributed by atoms with E-state index in [1.165, 1.54) is 7.11 Å². The topological polar surface area (TPSA) is 89.1 Å². The number of nitrogens with one attached hydrogen (secondary N) is 2. The number of piperidine rings is 1. The Hall–Kier alpha value is -2.64. The molecule has 0 atom stereocenters. The van der Waals surface area contributed by atoms with Crippen molar-refractivity contribution in [1.82, 2.24) is 10.2 Å².